The Morgan fingerprint density at radius 2 is 1.82 bits per heavy atom. The molecule has 0 spiro atoms. The minimum Gasteiger partial charge on any atom is -0.481 e. The SMILES string of the molecule is CCN[C@@](C)(CO[C@H]1[C@H](n2nnc(N)n2)CC23COC[C@@]1(C)[C@@H]2CC[C@H]1C3=CC[C@@]2(C)[C@H](C(=O)O)[C@@](C)([C@H](C)C(C)C)CC[C@]12C)C(C)(C)C. The molecule has 2 heterocycles. The highest BCUT2D eigenvalue weighted by Gasteiger charge is 2.72. The number of rotatable bonds is 9. The Bertz CT molecular complexity index is 1490. The monoisotopic (exact) mass is 697 g/mol. The van der Waals surface area contributed by atoms with Crippen LogP contribution in [0.25, 0.3) is 0 Å². The summed E-state index contributed by atoms with van der Waals surface area (Å²) in [5.41, 5.74) is 6.00. The lowest BCUT2D eigenvalue weighted by molar-refractivity contribution is -0.255. The topological polar surface area (TPSA) is 137 Å². The van der Waals surface area contributed by atoms with Crippen LogP contribution >= 0.6 is 0 Å². The molecule has 5 aliphatic rings. The van der Waals surface area contributed by atoms with Crippen molar-refractivity contribution < 1.29 is 19.4 Å². The second kappa shape index (κ2) is 12.3. The lowest BCUT2D eigenvalue weighted by Gasteiger charge is -2.71. The largest absolute Gasteiger partial charge is 0.481 e. The van der Waals surface area contributed by atoms with E-state index in [2.05, 4.69) is 110 Å². The summed E-state index contributed by atoms with van der Waals surface area (Å²) in [7, 11) is 0. The van der Waals surface area contributed by atoms with Gasteiger partial charge in [-0.25, -0.2) is 0 Å². The molecule has 10 heteroatoms. The van der Waals surface area contributed by atoms with E-state index in [1.165, 1.54) is 5.57 Å². The smallest absolute Gasteiger partial charge is 0.307 e. The number of nitrogens with one attached hydrogen (secondary N) is 1. The van der Waals surface area contributed by atoms with E-state index in [0.717, 1.165) is 45.1 Å². The van der Waals surface area contributed by atoms with Crippen LogP contribution in [0.2, 0.25) is 0 Å². The Morgan fingerprint density at radius 1 is 1.12 bits per heavy atom. The van der Waals surface area contributed by atoms with Crippen molar-refractivity contribution in [1.29, 1.82) is 0 Å². The van der Waals surface area contributed by atoms with Gasteiger partial charge in [-0.05, 0) is 103 Å². The van der Waals surface area contributed by atoms with Crippen molar-refractivity contribution in [3.05, 3.63) is 11.6 Å². The number of likely N-dealkylation sites (N-methyl/N-ethyl adjacent to an activating group) is 1. The quantitative estimate of drug-likeness (QED) is 0.229. The second-order valence-electron chi connectivity index (χ2n) is 19.9. The van der Waals surface area contributed by atoms with Crippen LogP contribution in [0.1, 0.15) is 128 Å². The van der Waals surface area contributed by atoms with Crippen LogP contribution in [0.5, 0.6) is 0 Å². The highest BCUT2D eigenvalue weighted by molar-refractivity contribution is 5.73. The van der Waals surface area contributed by atoms with E-state index >= 15 is 0 Å². The first-order valence-electron chi connectivity index (χ1n) is 19.6. The molecule has 0 aromatic carbocycles. The van der Waals surface area contributed by atoms with Gasteiger partial charge in [-0.15, -0.1) is 5.10 Å². The normalized spacial score (nSPS) is 43.2. The summed E-state index contributed by atoms with van der Waals surface area (Å²) >= 11 is 0. The first kappa shape index (κ1) is 37.7. The molecule has 4 fully saturated rings. The van der Waals surface area contributed by atoms with Crippen LogP contribution in [0, 0.1) is 62.1 Å². The average molecular weight is 697 g/mol. The van der Waals surface area contributed by atoms with E-state index in [9.17, 15) is 9.90 Å². The molecule has 1 aromatic rings. The van der Waals surface area contributed by atoms with Gasteiger partial charge in [-0.3, -0.25) is 4.79 Å². The lowest BCUT2D eigenvalue weighted by Crippen LogP contribution is -2.69. The first-order chi connectivity index (χ1) is 23.1. The summed E-state index contributed by atoms with van der Waals surface area (Å²) in [4.78, 5) is 15.2. The van der Waals surface area contributed by atoms with Crippen LogP contribution < -0.4 is 11.1 Å². The summed E-state index contributed by atoms with van der Waals surface area (Å²) in [6.45, 7) is 30.1. The number of carbonyl (C=O) groups is 1. The second-order valence-corrected chi connectivity index (χ2v) is 19.9. The van der Waals surface area contributed by atoms with Crippen molar-refractivity contribution in [2.45, 2.75) is 139 Å². The fraction of sp³-hybridized carbons (Fsp3) is 0.900. The summed E-state index contributed by atoms with van der Waals surface area (Å²) in [5, 5.41) is 28.1. The van der Waals surface area contributed by atoms with E-state index in [1.807, 2.05) is 0 Å². The lowest BCUT2D eigenvalue weighted by atomic mass is 9.34. The molecule has 282 valence electrons. The summed E-state index contributed by atoms with van der Waals surface area (Å²) in [6, 6.07) is -0.176. The number of nitrogens with zero attached hydrogens (tertiary/aromatic N) is 4. The zero-order chi connectivity index (χ0) is 36.9. The number of tetrazole rings is 1. The third-order valence-corrected chi connectivity index (χ3v) is 16.6. The van der Waals surface area contributed by atoms with Gasteiger partial charge < -0.3 is 25.6 Å². The first-order valence-corrected chi connectivity index (χ1v) is 19.6. The van der Waals surface area contributed by atoms with Gasteiger partial charge in [-0.1, -0.05) is 92.9 Å². The van der Waals surface area contributed by atoms with E-state index in [-0.39, 0.29) is 62.0 Å². The molecule has 3 saturated carbocycles. The number of nitrogen functional groups attached to an aromatic ring is 1. The molecule has 12 atom stereocenters. The standard InChI is InChI=1S/C40H68N6O4/c1-13-42-39(12,34(5,6)7)22-50-31-28(46-44-33(41)43-45-46)20-40-23-49-21-36(31,9)29(40)15-14-26-27(40)16-17-38(11)30(32(47)48)35(8,25(4)24(2)3)18-19-37(26,38)10/h16,24-26,28-31,42H,13-15,17-23H2,1-12H3,(H2,41,44)(H,47,48)/t25-,26+,28-,29+,30-,31+,35-,36+,37-,38+,39+,40?/m1/s1. The summed E-state index contributed by atoms with van der Waals surface area (Å²) < 4.78 is 13.9. The molecule has 1 saturated heterocycles. The van der Waals surface area contributed by atoms with E-state index < -0.39 is 11.9 Å². The number of fused-ring (bicyclic) bond motifs is 3. The van der Waals surface area contributed by atoms with Crippen LogP contribution in [0.15, 0.2) is 11.6 Å². The zero-order valence-corrected chi connectivity index (χ0v) is 33.2. The Hall–Kier alpha value is -2.04. The molecular formula is C40H68N6O4. The molecule has 2 bridgehead atoms. The Balaban J connectivity index is 1.44. The third-order valence-electron chi connectivity index (χ3n) is 16.6. The third kappa shape index (κ3) is 5.18. The van der Waals surface area contributed by atoms with Gasteiger partial charge in [0.15, 0.2) is 0 Å². The Kier molecular flexibility index (Phi) is 9.24. The summed E-state index contributed by atoms with van der Waals surface area (Å²) in [5.74, 6) is 0.496. The number of carboxylic acid groups (broad SMARTS) is 1. The fourth-order valence-corrected chi connectivity index (χ4v) is 12.7. The molecular weight excluding hydrogens is 628 g/mol. The van der Waals surface area contributed by atoms with E-state index in [1.54, 1.807) is 4.80 Å². The van der Waals surface area contributed by atoms with Gasteiger partial charge in [0.1, 0.15) is 6.04 Å². The van der Waals surface area contributed by atoms with Gasteiger partial charge in [0.05, 0.1) is 31.8 Å². The minimum atomic E-state index is -0.627. The van der Waals surface area contributed by atoms with Crippen molar-refractivity contribution in [1.82, 2.24) is 25.5 Å². The number of anilines is 1. The van der Waals surface area contributed by atoms with Crippen molar-refractivity contribution in [2.24, 2.45) is 62.1 Å². The number of allylic oxidation sites excluding steroid dienone is 1. The molecule has 6 rings (SSSR count). The van der Waals surface area contributed by atoms with Crippen LogP contribution in [-0.4, -0.2) is 69.3 Å². The Morgan fingerprint density at radius 3 is 2.40 bits per heavy atom. The molecule has 4 N–H and O–H groups in total. The number of nitrogens with two attached hydrogens (primary N) is 1. The predicted molar refractivity (Wildman–Crippen MR) is 196 cm³/mol. The van der Waals surface area contributed by atoms with E-state index in [4.69, 9.17) is 15.2 Å². The number of hydrogen-bond acceptors (Lipinski definition) is 8. The minimum absolute atomic E-state index is 0.0409. The highest BCUT2D eigenvalue weighted by atomic mass is 16.5. The number of aromatic nitrogens is 4. The van der Waals surface area contributed by atoms with Gasteiger partial charge in [0.25, 0.3) is 5.95 Å². The van der Waals surface area contributed by atoms with Crippen molar-refractivity contribution in [2.75, 3.05) is 32.1 Å². The van der Waals surface area contributed by atoms with Gasteiger partial charge in [-0.2, -0.15) is 4.80 Å². The van der Waals surface area contributed by atoms with Crippen LogP contribution in [0.3, 0.4) is 0 Å². The number of aliphatic carboxylic acids is 1. The number of hydrogen-bond donors (Lipinski definition) is 3. The molecule has 4 aliphatic carbocycles. The van der Waals surface area contributed by atoms with Gasteiger partial charge in [0.2, 0.25) is 0 Å². The maximum Gasteiger partial charge on any atom is 0.307 e. The molecule has 50 heavy (non-hydrogen) atoms. The van der Waals surface area contributed by atoms with Gasteiger partial charge in [0, 0.05) is 16.4 Å². The molecule has 10 nitrogen and oxygen atoms in total. The highest BCUT2D eigenvalue weighted by Crippen LogP contribution is 2.75. The van der Waals surface area contributed by atoms with Crippen LogP contribution in [-0.2, 0) is 14.3 Å². The molecule has 0 radical (unpaired) electrons. The van der Waals surface area contributed by atoms with Crippen molar-refractivity contribution in [3.8, 4) is 0 Å². The number of carboxylic acids is 1. The zero-order valence-electron chi connectivity index (χ0n) is 33.2. The average Bonchev–Trinajstić information content (AvgIpc) is 3.45. The Labute approximate surface area is 301 Å². The van der Waals surface area contributed by atoms with Crippen molar-refractivity contribution in [3.63, 3.8) is 0 Å². The molecule has 1 aliphatic heterocycles. The molecule has 0 amide bonds. The fourth-order valence-electron chi connectivity index (χ4n) is 12.7. The van der Waals surface area contributed by atoms with Gasteiger partial charge >= 0.3 is 5.97 Å². The molecule has 1 aromatic heterocycles. The van der Waals surface area contributed by atoms with E-state index in [0.29, 0.717) is 37.6 Å². The summed E-state index contributed by atoms with van der Waals surface area (Å²) in [6.07, 6.45) is 7.93. The maximum absolute atomic E-state index is 13.5. The predicted octanol–water partition coefficient (Wildman–Crippen LogP) is 7.18. The van der Waals surface area contributed by atoms with Crippen molar-refractivity contribution >= 4 is 11.9 Å². The number of ether oxygens (including phenoxy) is 2. The van der Waals surface area contributed by atoms with Crippen LogP contribution in [0.4, 0.5) is 5.95 Å². The maximum atomic E-state index is 13.5. The molecule has 1 unspecified atom stereocenters.